The van der Waals surface area contributed by atoms with Crippen LogP contribution < -0.4 is 10.2 Å². The number of thiophene rings is 1. The van der Waals surface area contributed by atoms with Gasteiger partial charge in [-0.15, -0.1) is 11.3 Å². The molecule has 2 aromatic rings. The average molecular weight is 276 g/mol. The van der Waals surface area contributed by atoms with Gasteiger partial charge in [-0.1, -0.05) is 13.0 Å². The summed E-state index contributed by atoms with van der Waals surface area (Å²) in [6, 6.07) is 6.54. The van der Waals surface area contributed by atoms with E-state index in [1.54, 1.807) is 11.3 Å². The zero-order chi connectivity index (χ0) is 13.8. The molecule has 0 radical (unpaired) electrons. The SMILES string of the molecule is CCc1nc(NC)cc(N(C)C(C)c2cccs2)n1. The first kappa shape index (κ1) is 13.8. The predicted molar refractivity (Wildman–Crippen MR) is 82.1 cm³/mol. The first-order valence-electron chi connectivity index (χ1n) is 6.47. The fourth-order valence-corrected chi connectivity index (χ4v) is 2.69. The third-order valence-electron chi connectivity index (χ3n) is 3.23. The number of anilines is 2. The lowest BCUT2D eigenvalue weighted by Crippen LogP contribution is -2.22. The van der Waals surface area contributed by atoms with Crippen molar-refractivity contribution in [1.29, 1.82) is 0 Å². The molecular weight excluding hydrogens is 256 g/mol. The number of aryl methyl sites for hydroxylation is 1. The quantitative estimate of drug-likeness (QED) is 0.909. The van der Waals surface area contributed by atoms with Gasteiger partial charge in [-0.2, -0.15) is 0 Å². The van der Waals surface area contributed by atoms with Crippen molar-refractivity contribution in [2.24, 2.45) is 0 Å². The van der Waals surface area contributed by atoms with Gasteiger partial charge in [-0.25, -0.2) is 9.97 Å². The second-order valence-corrected chi connectivity index (χ2v) is 5.41. The molecule has 1 atom stereocenters. The maximum Gasteiger partial charge on any atom is 0.134 e. The number of hydrogen-bond donors (Lipinski definition) is 1. The van der Waals surface area contributed by atoms with Crippen LogP contribution in [0.2, 0.25) is 0 Å². The van der Waals surface area contributed by atoms with E-state index in [-0.39, 0.29) is 0 Å². The Morgan fingerprint density at radius 2 is 2.21 bits per heavy atom. The van der Waals surface area contributed by atoms with Crippen molar-refractivity contribution < 1.29 is 0 Å². The Labute approximate surface area is 118 Å². The second-order valence-electron chi connectivity index (χ2n) is 4.43. The highest BCUT2D eigenvalue weighted by Crippen LogP contribution is 2.28. The maximum atomic E-state index is 4.61. The van der Waals surface area contributed by atoms with E-state index in [4.69, 9.17) is 0 Å². The molecular formula is C14H20N4S. The average Bonchev–Trinajstić information content (AvgIpc) is 2.99. The molecule has 2 aromatic heterocycles. The second kappa shape index (κ2) is 6.02. The third-order valence-corrected chi connectivity index (χ3v) is 4.27. The summed E-state index contributed by atoms with van der Waals surface area (Å²) in [6.45, 7) is 4.26. The van der Waals surface area contributed by atoms with Crippen LogP contribution >= 0.6 is 11.3 Å². The van der Waals surface area contributed by atoms with Crippen molar-refractivity contribution >= 4 is 23.0 Å². The van der Waals surface area contributed by atoms with Crippen LogP contribution in [0.3, 0.4) is 0 Å². The Bertz CT molecular complexity index is 502. The first-order valence-corrected chi connectivity index (χ1v) is 7.35. The van der Waals surface area contributed by atoms with Crippen molar-refractivity contribution in [3.05, 3.63) is 34.3 Å². The molecule has 0 amide bonds. The molecule has 0 saturated carbocycles. The van der Waals surface area contributed by atoms with E-state index in [2.05, 4.69) is 58.6 Å². The van der Waals surface area contributed by atoms with Crippen molar-refractivity contribution in [2.75, 3.05) is 24.3 Å². The topological polar surface area (TPSA) is 41.1 Å². The van der Waals surface area contributed by atoms with Gasteiger partial charge < -0.3 is 10.2 Å². The molecule has 0 aromatic carbocycles. The summed E-state index contributed by atoms with van der Waals surface area (Å²) < 4.78 is 0. The molecule has 0 fully saturated rings. The monoisotopic (exact) mass is 276 g/mol. The van der Waals surface area contributed by atoms with Crippen LogP contribution in [0.1, 0.15) is 30.6 Å². The van der Waals surface area contributed by atoms with Gasteiger partial charge in [-0.3, -0.25) is 0 Å². The highest BCUT2D eigenvalue weighted by Gasteiger charge is 2.15. The van der Waals surface area contributed by atoms with E-state index in [1.165, 1.54) is 4.88 Å². The van der Waals surface area contributed by atoms with Gasteiger partial charge in [0.2, 0.25) is 0 Å². The van der Waals surface area contributed by atoms with Crippen LogP contribution in [0.15, 0.2) is 23.6 Å². The lowest BCUT2D eigenvalue weighted by molar-refractivity contribution is 0.735. The summed E-state index contributed by atoms with van der Waals surface area (Å²) in [5.41, 5.74) is 0. The van der Waals surface area contributed by atoms with E-state index in [9.17, 15) is 0 Å². The summed E-state index contributed by atoms with van der Waals surface area (Å²) in [5, 5.41) is 5.20. The predicted octanol–water partition coefficient (Wildman–Crippen LogP) is 3.34. The molecule has 19 heavy (non-hydrogen) atoms. The Morgan fingerprint density at radius 3 is 2.79 bits per heavy atom. The van der Waals surface area contributed by atoms with Crippen LogP contribution in [-0.4, -0.2) is 24.1 Å². The lowest BCUT2D eigenvalue weighted by Gasteiger charge is -2.25. The fraction of sp³-hybridized carbons (Fsp3) is 0.429. The fourth-order valence-electron chi connectivity index (χ4n) is 1.87. The molecule has 102 valence electrons. The van der Waals surface area contributed by atoms with Gasteiger partial charge in [-0.05, 0) is 18.4 Å². The normalized spacial score (nSPS) is 12.2. The molecule has 2 heterocycles. The first-order chi connectivity index (χ1) is 9.15. The van der Waals surface area contributed by atoms with Gasteiger partial charge in [0, 0.05) is 31.5 Å². The Hall–Kier alpha value is -1.62. The number of hydrogen-bond acceptors (Lipinski definition) is 5. The van der Waals surface area contributed by atoms with E-state index in [0.717, 1.165) is 23.9 Å². The molecule has 0 aliphatic heterocycles. The standard InChI is InChI=1S/C14H20N4S/c1-5-12-16-13(15-3)9-14(17-12)18(4)10(2)11-7-6-8-19-11/h6-10H,5H2,1-4H3,(H,15,16,17). The molecule has 2 rings (SSSR count). The van der Waals surface area contributed by atoms with E-state index < -0.39 is 0 Å². The Balaban J connectivity index is 2.29. The molecule has 1 N–H and O–H groups in total. The molecule has 0 aliphatic carbocycles. The molecule has 4 nitrogen and oxygen atoms in total. The smallest absolute Gasteiger partial charge is 0.134 e. The Morgan fingerprint density at radius 1 is 1.42 bits per heavy atom. The summed E-state index contributed by atoms with van der Waals surface area (Å²) >= 11 is 1.77. The number of nitrogens with one attached hydrogen (secondary N) is 1. The molecule has 0 spiro atoms. The summed E-state index contributed by atoms with van der Waals surface area (Å²) in [6.07, 6.45) is 0.837. The maximum absolute atomic E-state index is 4.61. The van der Waals surface area contributed by atoms with Gasteiger partial charge in [0.15, 0.2) is 0 Å². The molecule has 5 heteroatoms. The minimum atomic E-state index is 0.310. The lowest BCUT2D eigenvalue weighted by atomic mass is 10.2. The summed E-state index contributed by atoms with van der Waals surface area (Å²) in [4.78, 5) is 12.6. The highest BCUT2D eigenvalue weighted by molar-refractivity contribution is 7.10. The largest absolute Gasteiger partial charge is 0.373 e. The zero-order valence-corrected chi connectivity index (χ0v) is 12.7. The van der Waals surface area contributed by atoms with Crippen molar-refractivity contribution in [3.8, 4) is 0 Å². The van der Waals surface area contributed by atoms with Gasteiger partial charge >= 0.3 is 0 Å². The van der Waals surface area contributed by atoms with Crippen LogP contribution in [-0.2, 0) is 6.42 Å². The van der Waals surface area contributed by atoms with Crippen molar-refractivity contribution in [3.63, 3.8) is 0 Å². The number of nitrogens with zero attached hydrogens (tertiary/aromatic N) is 3. The van der Waals surface area contributed by atoms with E-state index >= 15 is 0 Å². The van der Waals surface area contributed by atoms with Crippen LogP contribution in [0.5, 0.6) is 0 Å². The summed E-state index contributed by atoms with van der Waals surface area (Å²) in [7, 11) is 3.96. The van der Waals surface area contributed by atoms with E-state index in [1.807, 2.05) is 13.1 Å². The summed E-state index contributed by atoms with van der Waals surface area (Å²) in [5.74, 6) is 2.69. The minimum Gasteiger partial charge on any atom is -0.373 e. The molecule has 0 bridgehead atoms. The number of rotatable bonds is 5. The van der Waals surface area contributed by atoms with E-state index in [0.29, 0.717) is 6.04 Å². The van der Waals surface area contributed by atoms with Crippen molar-refractivity contribution in [1.82, 2.24) is 9.97 Å². The van der Waals surface area contributed by atoms with Gasteiger partial charge in [0.25, 0.3) is 0 Å². The van der Waals surface area contributed by atoms with Crippen LogP contribution in [0.4, 0.5) is 11.6 Å². The zero-order valence-electron chi connectivity index (χ0n) is 11.8. The molecule has 1 unspecified atom stereocenters. The van der Waals surface area contributed by atoms with Crippen molar-refractivity contribution in [2.45, 2.75) is 26.3 Å². The highest BCUT2D eigenvalue weighted by atomic mass is 32.1. The molecule has 0 saturated heterocycles. The molecule has 0 aliphatic rings. The van der Waals surface area contributed by atoms with Gasteiger partial charge in [0.1, 0.15) is 17.5 Å². The number of aromatic nitrogens is 2. The third kappa shape index (κ3) is 3.04. The Kier molecular flexibility index (Phi) is 4.37. The minimum absolute atomic E-state index is 0.310. The van der Waals surface area contributed by atoms with Crippen LogP contribution in [0.25, 0.3) is 0 Å². The van der Waals surface area contributed by atoms with Crippen LogP contribution in [0, 0.1) is 0 Å². The van der Waals surface area contributed by atoms with Gasteiger partial charge in [0.05, 0.1) is 6.04 Å².